The predicted octanol–water partition coefficient (Wildman–Crippen LogP) is 5.13. The number of nitrogens with zero attached hydrogens (tertiary/aromatic N) is 3. The zero-order valence-electron chi connectivity index (χ0n) is 16.2. The smallest absolute Gasteiger partial charge is 0.209 e. The van der Waals surface area contributed by atoms with Gasteiger partial charge in [-0.25, -0.2) is 4.68 Å². The van der Waals surface area contributed by atoms with Crippen LogP contribution in [0.2, 0.25) is 0 Å². The molecule has 0 saturated carbocycles. The quantitative estimate of drug-likeness (QED) is 0.458. The van der Waals surface area contributed by atoms with Crippen LogP contribution in [-0.2, 0) is 18.0 Å². The Morgan fingerprint density at radius 1 is 1.38 bits per heavy atom. The van der Waals surface area contributed by atoms with Crippen molar-refractivity contribution in [1.82, 2.24) is 14.7 Å². The minimum atomic E-state index is 0.289. The lowest BCUT2D eigenvalue weighted by molar-refractivity contribution is 0.0573. The van der Waals surface area contributed by atoms with Gasteiger partial charge >= 0.3 is 0 Å². The number of anilines is 2. The van der Waals surface area contributed by atoms with Crippen molar-refractivity contribution < 1.29 is 9.47 Å². The number of hydrogen-bond donors (Lipinski definition) is 1. The van der Waals surface area contributed by atoms with Gasteiger partial charge < -0.3 is 14.8 Å². The molecule has 9 heteroatoms. The first-order chi connectivity index (χ1) is 14.2. The molecule has 1 aliphatic rings. The average molecular weight is 449 g/mol. The Balaban J connectivity index is 1.47. The van der Waals surface area contributed by atoms with Crippen molar-refractivity contribution in [3.8, 4) is 5.75 Å². The van der Waals surface area contributed by atoms with Crippen LogP contribution < -0.4 is 10.1 Å². The summed E-state index contributed by atoms with van der Waals surface area (Å²) < 4.78 is 13.8. The van der Waals surface area contributed by atoms with Crippen molar-refractivity contribution in [3.63, 3.8) is 0 Å². The molecule has 0 unspecified atom stereocenters. The Morgan fingerprint density at radius 2 is 2.31 bits per heavy atom. The van der Waals surface area contributed by atoms with E-state index in [1.165, 1.54) is 16.2 Å². The highest BCUT2D eigenvalue weighted by atomic mass is 32.1. The van der Waals surface area contributed by atoms with Gasteiger partial charge in [0.25, 0.3) is 0 Å². The van der Waals surface area contributed by atoms with Crippen LogP contribution in [0.25, 0.3) is 0 Å². The summed E-state index contributed by atoms with van der Waals surface area (Å²) in [6.45, 7) is 3.26. The van der Waals surface area contributed by atoms with Crippen molar-refractivity contribution in [3.05, 3.63) is 50.6 Å². The zero-order chi connectivity index (χ0) is 20.1. The molecule has 3 aromatic rings. The van der Waals surface area contributed by atoms with Crippen LogP contribution in [-0.4, -0.2) is 41.0 Å². The Morgan fingerprint density at radius 3 is 3.07 bits per heavy atom. The Kier molecular flexibility index (Phi) is 6.94. The SMILES string of the molecule is COc1cccc(Nc2nn(CN(Cc3cccs3)C[C@H]3CCCO3)c(=S)s2)c1. The van der Waals surface area contributed by atoms with Crippen LogP contribution in [0.1, 0.15) is 17.7 Å². The summed E-state index contributed by atoms with van der Waals surface area (Å²) in [6, 6.07) is 12.0. The fourth-order valence-corrected chi connectivity index (χ4v) is 5.09. The molecule has 0 radical (unpaired) electrons. The second kappa shape index (κ2) is 9.82. The molecule has 1 aliphatic heterocycles. The van der Waals surface area contributed by atoms with E-state index in [2.05, 4.69) is 27.7 Å². The van der Waals surface area contributed by atoms with E-state index in [1.54, 1.807) is 18.4 Å². The van der Waals surface area contributed by atoms with Gasteiger partial charge in [0.05, 0.1) is 19.9 Å². The van der Waals surface area contributed by atoms with Crippen LogP contribution in [0.15, 0.2) is 41.8 Å². The number of aromatic nitrogens is 2. The first-order valence-electron chi connectivity index (χ1n) is 9.55. The summed E-state index contributed by atoms with van der Waals surface area (Å²) >= 11 is 8.84. The van der Waals surface area contributed by atoms with E-state index in [9.17, 15) is 0 Å². The van der Waals surface area contributed by atoms with Crippen molar-refractivity contribution >= 4 is 45.7 Å². The number of methoxy groups -OCH3 is 1. The lowest BCUT2D eigenvalue weighted by Crippen LogP contribution is -2.33. The minimum absolute atomic E-state index is 0.289. The van der Waals surface area contributed by atoms with Gasteiger partial charge in [0, 0.05) is 36.3 Å². The maximum atomic E-state index is 5.86. The van der Waals surface area contributed by atoms with Crippen molar-refractivity contribution in [2.45, 2.75) is 32.2 Å². The third kappa shape index (κ3) is 5.64. The summed E-state index contributed by atoms with van der Waals surface area (Å²) in [5, 5.41) is 10.9. The molecule has 4 rings (SSSR count). The molecule has 2 aromatic heterocycles. The van der Waals surface area contributed by atoms with Gasteiger partial charge in [0.2, 0.25) is 5.13 Å². The summed E-state index contributed by atoms with van der Waals surface area (Å²) in [6.07, 6.45) is 2.55. The Bertz CT molecular complexity index is 964. The standard InChI is InChI=1S/C20H24N4O2S3/c1-25-16-6-2-5-15(11-16)21-19-22-24(20(27)29-19)14-23(12-17-7-3-9-26-17)13-18-8-4-10-28-18/h2,4-6,8,10-11,17H,3,7,9,12-14H2,1H3,(H,21,22)/t17-/m1/s1. The summed E-state index contributed by atoms with van der Waals surface area (Å²) in [5.41, 5.74) is 0.926. The maximum Gasteiger partial charge on any atom is 0.209 e. The first kappa shape index (κ1) is 20.5. The first-order valence-corrected chi connectivity index (χ1v) is 11.7. The van der Waals surface area contributed by atoms with Crippen molar-refractivity contribution in [2.24, 2.45) is 0 Å². The molecule has 0 spiro atoms. The van der Waals surface area contributed by atoms with Crippen LogP contribution >= 0.6 is 34.9 Å². The molecule has 0 bridgehead atoms. The predicted molar refractivity (Wildman–Crippen MR) is 121 cm³/mol. The van der Waals surface area contributed by atoms with Crippen LogP contribution in [0.3, 0.4) is 0 Å². The largest absolute Gasteiger partial charge is 0.497 e. The lowest BCUT2D eigenvalue weighted by Gasteiger charge is -2.24. The van der Waals surface area contributed by atoms with E-state index in [0.717, 1.165) is 53.1 Å². The lowest BCUT2D eigenvalue weighted by atomic mass is 10.2. The molecule has 1 atom stereocenters. The normalized spacial score (nSPS) is 16.4. The minimum Gasteiger partial charge on any atom is -0.497 e. The number of thiophene rings is 1. The third-order valence-corrected chi connectivity index (χ3v) is 6.79. The number of nitrogens with one attached hydrogen (secondary N) is 1. The van der Waals surface area contributed by atoms with Crippen LogP contribution in [0, 0.1) is 3.95 Å². The number of hydrogen-bond acceptors (Lipinski definition) is 8. The monoisotopic (exact) mass is 448 g/mol. The third-order valence-electron chi connectivity index (χ3n) is 4.71. The number of rotatable bonds is 9. The molecule has 0 amide bonds. The summed E-state index contributed by atoms with van der Waals surface area (Å²) in [4.78, 5) is 3.70. The molecular weight excluding hydrogens is 424 g/mol. The van der Waals surface area contributed by atoms with Gasteiger partial charge in [-0.1, -0.05) is 23.5 Å². The maximum absolute atomic E-state index is 5.86. The zero-order valence-corrected chi connectivity index (χ0v) is 18.7. The van der Waals surface area contributed by atoms with Crippen LogP contribution in [0.4, 0.5) is 10.8 Å². The van der Waals surface area contributed by atoms with Gasteiger partial charge in [-0.05, 0) is 48.6 Å². The highest BCUT2D eigenvalue weighted by Crippen LogP contribution is 2.24. The van der Waals surface area contributed by atoms with E-state index in [1.807, 2.05) is 28.9 Å². The van der Waals surface area contributed by atoms with E-state index < -0.39 is 0 Å². The molecule has 154 valence electrons. The molecular formula is C20H24N4O2S3. The van der Waals surface area contributed by atoms with Gasteiger partial charge in [-0.3, -0.25) is 4.90 Å². The van der Waals surface area contributed by atoms with Crippen LogP contribution in [0.5, 0.6) is 5.75 Å². The van der Waals surface area contributed by atoms with E-state index in [-0.39, 0.29) is 6.10 Å². The fraction of sp³-hybridized carbons (Fsp3) is 0.400. The fourth-order valence-electron chi connectivity index (χ4n) is 3.33. The molecule has 29 heavy (non-hydrogen) atoms. The molecule has 1 aromatic carbocycles. The second-order valence-corrected chi connectivity index (χ2v) is 9.55. The van der Waals surface area contributed by atoms with E-state index in [0.29, 0.717) is 6.67 Å². The Hall–Kier alpha value is -1.78. The molecule has 1 N–H and O–H groups in total. The van der Waals surface area contributed by atoms with Crippen molar-refractivity contribution in [2.75, 3.05) is 25.6 Å². The number of ether oxygens (including phenoxy) is 2. The number of benzene rings is 1. The van der Waals surface area contributed by atoms with Gasteiger partial charge in [0.15, 0.2) is 3.95 Å². The Labute approximate surface area is 183 Å². The van der Waals surface area contributed by atoms with Gasteiger partial charge in [-0.2, -0.15) is 0 Å². The molecule has 6 nitrogen and oxygen atoms in total. The molecule has 3 heterocycles. The van der Waals surface area contributed by atoms with Gasteiger partial charge in [-0.15, -0.1) is 16.4 Å². The highest BCUT2D eigenvalue weighted by Gasteiger charge is 2.20. The summed E-state index contributed by atoms with van der Waals surface area (Å²) in [7, 11) is 1.66. The molecule has 0 aliphatic carbocycles. The topological polar surface area (TPSA) is 51.5 Å². The van der Waals surface area contributed by atoms with E-state index in [4.69, 9.17) is 26.8 Å². The average Bonchev–Trinajstić information content (AvgIpc) is 3.47. The second-order valence-electron chi connectivity index (χ2n) is 6.90. The summed E-state index contributed by atoms with van der Waals surface area (Å²) in [5.74, 6) is 0.803. The van der Waals surface area contributed by atoms with E-state index >= 15 is 0 Å². The molecule has 1 saturated heterocycles. The highest BCUT2D eigenvalue weighted by molar-refractivity contribution is 7.73. The van der Waals surface area contributed by atoms with Gasteiger partial charge in [0.1, 0.15) is 5.75 Å². The molecule has 1 fully saturated rings. The van der Waals surface area contributed by atoms with Crippen molar-refractivity contribution in [1.29, 1.82) is 0 Å².